The van der Waals surface area contributed by atoms with Crippen LogP contribution in [0.2, 0.25) is 0 Å². The first-order valence-corrected chi connectivity index (χ1v) is 6.77. The van der Waals surface area contributed by atoms with Crippen LogP contribution >= 0.6 is 11.3 Å². The van der Waals surface area contributed by atoms with Crippen molar-refractivity contribution >= 4 is 44.3 Å². The minimum Gasteiger partial charge on any atom is -0.479 e. The molecule has 2 heterocycles. The number of carboxylic acid groups (broad SMARTS) is 2. The lowest BCUT2D eigenvalue weighted by Gasteiger charge is -2.03. The summed E-state index contributed by atoms with van der Waals surface area (Å²) in [5.41, 5.74) is 0.743. The largest absolute Gasteiger partial charge is 0.479 e. The number of nitrogens with zero attached hydrogens (tertiary/aromatic N) is 1. The fourth-order valence-corrected chi connectivity index (χ4v) is 3.17. The summed E-state index contributed by atoms with van der Waals surface area (Å²) in [6.07, 6.45) is 1.51. The van der Waals surface area contributed by atoms with Crippen molar-refractivity contribution in [3.63, 3.8) is 0 Å². The highest BCUT2D eigenvalue weighted by atomic mass is 32.1. The Morgan fingerprint density at radius 3 is 2.67 bits per heavy atom. The number of fused-ring (bicyclic) bond motifs is 3. The van der Waals surface area contributed by atoms with Gasteiger partial charge in [-0.3, -0.25) is 4.98 Å². The van der Waals surface area contributed by atoms with Gasteiger partial charge in [0.2, 0.25) is 0 Å². The van der Waals surface area contributed by atoms with Crippen LogP contribution in [-0.4, -0.2) is 33.7 Å². The molecule has 106 valence electrons. The van der Waals surface area contributed by atoms with Gasteiger partial charge in [0, 0.05) is 16.3 Å². The normalized spacial score (nSPS) is 10.9. The number of ether oxygens (including phenoxy) is 1. The second-order valence-corrected chi connectivity index (χ2v) is 5.29. The van der Waals surface area contributed by atoms with Gasteiger partial charge in [-0.05, 0) is 6.07 Å². The van der Waals surface area contributed by atoms with Crippen molar-refractivity contribution in [3.8, 4) is 5.75 Å². The maximum absolute atomic E-state index is 11.3. The number of carboxylic acids is 2. The number of thiophene rings is 1. The van der Waals surface area contributed by atoms with E-state index in [1.165, 1.54) is 6.20 Å². The monoisotopic (exact) mass is 303 g/mol. The first-order valence-electron chi connectivity index (χ1n) is 5.96. The molecule has 21 heavy (non-hydrogen) atoms. The van der Waals surface area contributed by atoms with E-state index in [9.17, 15) is 14.7 Å². The second kappa shape index (κ2) is 5.02. The second-order valence-electron chi connectivity index (χ2n) is 4.27. The van der Waals surface area contributed by atoms with Crippen molar-refractivity contribution in [2.75, 3.05) is 6.61 Å². The summed E-state index contributed by atoms with van der Waals surface area (Å²) in [4.78, 5) is 26.2. The van der Waals surface area contributed by atoms with E-state index in [0.717, 1.165) is 26.9 Å². The average Bonchev–Trinajstić information content (AvgIpc) is 2.84. The fourth-order valence-electron chi connectivity index (χ4n) is 2.08. The zero-order valence-corrected chi connectivity index (χ0v) is 11.4. The maximum Gasteiger partial charge on any atom is 0.349 e. The standard InChI is InChI=1S/C14H9NO5S/c16-10(17)6-20-11-8-5-15-9-4-2-1-3-7(9)12(8)21-13(11)14(18)19/h1-5H,6H2,(H,16,17)(H,18,19). The molecule has 0 aliphatic carbocycles. The molecule has 3 aromatic rings. The van der Waals surface area contributed by atoms with Gasteiger partial charge in [0.1, 0.15) is 0 Å². The van der Waals surface area contributed by atoms with Crippen molar-refractivity contribution < 1.29 is 24.5 Å². The quantitative estimate of drug-likeness (QED) is 0.769. The number of benzene rings is 1. The molecule has 0 unspecified atom stereocenters. The van der Waals surface area contributed by atoms with E-state index >= 15 is 0 Å². The van der Waals surface area contributed by atoms with Crippen LogP contribution in [0, 0.1) is 0 Å². The highest BCUT2D eigenvalue weighted by Crippen LogP contribution is 2.40. The van der Waals surface area contributed by atoms with Crippen LogP contribution in [0.4, 0.5) is 0 Å². The van der Waals surface area contributed by atoms with E-state index in [2.05, 4.69) is 4.98 Å². The van der Waals surface area contributed by atoms with Gasteiger partial charge in [0.05, 0.1) is 10.9 Å². The Bertz CT molecular complexity index is 870. The van der Waals surface area contributed by atoms with E-state index in [-0.39, 0.29) is 10.6 Å². The van der Waals surface area contributed by atoms with Crippen LogP contribution in [0.15, 0.2) is 30.5 Å². The molecule has 0 atom stereocenters. The van der Waals surface area contributed by atoms with Crippen molar-refractivity contribution in [2.45, 2.75) is 0 Å². The number of aromatic carboxylic acids is 1. The van der Waals surface area contributed by atoms with Gasteiger partial charge in [0.15, 0.2) is 17.2 Å². The predicted octanol–water partition coefficient (Wildman–Crippen LogP) is 2.61. The van der Waals surface area contributed by atoms with Gasteiger partial charge in [-0.25, -0.2) is 9.59 Å². The summed E-state index contributed by atoms with van der Waals surface area (Å²) in [6, 6.07) is 7.34. The minimum absolute atomic E-state index is 0.0237. The fraction of sp³-hybridized carbons (Fsp3) is 0.0714. The summed E-state index contributed by atoms with van der Waals surface area (Å²) in [5, 5.41) is 19.3. The van der Waals surface area contributed by atoms with E-state index in [1.807, 2.05) is 24.3 Å². The van der Waals surface area contributed by atoms with Crippen LogP contribution in [0.25, 0.3) is 21.0 Å². The van der Waals surface area contributed by atoms with E-state index in [1.54, 1.807) is 0 Å². The molecule has 0 radical (unpaired) electrons. The van der Waals surface area contributed by atoms with Crippen molar-refractivity contribution in [1.29, 1.82) is 0 Å². The molecule has 3 rings (SSSR count). The van der Waals surface area contributed by atoms with Gasteiger partial charge in [-0.2, -0.15) is 0 Å². The Balaban J connectivity index is 2.28. The highest BCUT2D eigenvalue weighted by molar-refractivity contribution is 7.22. The van der Waals surface area contributed by atoms with Crippen molar-refractivity contribution in [1.82, 2.24) is 4.98 Å². The molecular formula is C14H9NO5S. The van der Waals surface area contributed by atoms with Crippen molar-refractivity contribution in [2.24, 2.45) is 0 Å². The SMILES string of the molecule is O=C(O)COc1c(C(=O)O)sc2c1cnc1ccccc12. The molecule has 6 nitrogen and oxygen atoms in total. The van der Waals surface area contributed by atoms with E-state index < -0.39 is 18.5 Å². The number of carbonyl (C=O) groups is 2. The number of hydrogen-bond donors (Lipinski definition) is 2. The van der Waals surface area contributed by atoms with Crippen molar-refractivity contribution in [3.05, 3.63) is 35.3 Å². The van der Waals surface area contributed by atoms with Gasteiger partial charge >= 0.3 is 11.9 Å². The van der Waals surface area contributed by atoms with Crippen LogP contribution in [0.1, 0.15) is 9.67 Å². The van der Waals surface area contributed by atoms with Gasteiger partial charge in [-0.1, -0.05) is 18.2 Å². The Hall–Kier alpha value is -2.67. The molecule has 1 aromatic carbocycles. The first kappa shape index (κ1) is 13.3. The molecule has 7 heteroatoms. The third-order valence-electron chi connectivity index (χ3n) is 2.92. The van der Waals surface area contributed by atoms with Crippen LogP contribution < -0.4 is 4.74 Å². The molecule has 0 saturated carbocycles. The maximum atomic E-state index is 11.3. The first-order chi connectivity index (χ1) is 10.1. The van der Waals surface area contributed by atoms with Gasteiger partial charge in [-0.15, -0.1) is 11.3 Å². The van der Waals surface area contributed by atoms with Gasteiger partial charge < -0.3 is 14.9 Å². The molecular weight excluding hydrogens is 294 g/mol. The molecule has 2 N–H and O–H groups in total. The summed E-state index contributed by atoms with van der Waals surface area (Å²) >= 11 is 1.06. The van der Waals surface area contributed by atoms with Gasteiger partial charge in [0.25, 0.3) is 0 Å². The summed E-state index contributed by atoms with van der Waals surface area (Å²) in [6.45, 7) is -0.598. The molecule has 0 spiro atoms. The lowest BCUT2D eigenvalue weighted by atomic mass is 10.2. The molecule has 0 aliphatic rings. The Morgan fingerprint density at radius 1 is 1.19 bits per heavy atom. The molecule has 2 aromatic heterocycles. The Labute approximate surface area is 122 Å². The number of pyridine rings is 1. The van der Waals surface area contributed by atoms with Crippen LogP contribution in [-0.2, 0) is 4.79 Å². The lowest BCUT2D eigenvalue weighted by Crippen LogP contribution is -2.10. The third-order valence-corrected chi connectivity index (χ3v) is 4.12. The number of hydrogen-bond acceptors (Lipinski definition) is 5. The van der Waals surface area contributed by atoms with Crippen LogP contribution in [0.5, 0.6) is 5.75 Å². The minimum atomic E-state index is -1.17. The zero-order chi connectivity index (χ0) is 15.0. The summed E-state index contributed by atoms with van der Waals surface area (Å²) in [7, 11) is 0. The van der Waals surface area contributed by atoms with Crippen LogP contribution in [0.3, 0.4) is 0 Å². The number of para-hydroxylation sites is 1. The van der Waals surface area contributed by atoms with E-state index in [0.29, 0.717) is 5.39 Å². The number of rotatable bonds is 4. The zero-order valence-electron chi connectivity index (χ0n) is 10.6. The highest BCUT2D eigenvalue weighted by Gasteiger charge is 2.21. The van der Waals surface area contributed by atoms with E-state index in [4.69, 9.17) is 9.84 Å². The number of aromatic nitrogens is 1. The molecule has 0 aliphatic heterocycles. The topological polar surface area (TPSA) is 96.7 Å². The average molecular weight is 303 g/mol. The lowest BCUT2D eigenvalue weighted by molar-refractivity contribution is -0.139. The number of aliphatic carboxylic acids is 1. The predicted molar refractivity (Wildman–Crippen MR) is 77.2 cm³/mol. The Morgan fingerprint density at radius 2 is 1.95 bits per heavy atom. The molecule has 0 bridgehead atoms. The Kier molecular flexibility index (Phi) is 3.19. The summed E-state index contributed by atoms with van der Waals surface area (Å²) in [5.74, 6) is -2.26. The smallest absolute Gasteiger partial charge is 0.349 e. The molecule has 0 saturated heterocycles. The molecule has 0 fully saturated rings. The third kappa shape index (κ3) is 2.27. The molecule has 0 amide bonds. The summed E-state index contributed by atoms with van der Waals surface area (Å²) < 4.78 is 5.87.